The van der Waals surface area contributed by atoms with Crippen LogP contribution in [0.5, 0.6) is 0 Å². The normalized spacial score (nSPS) is 10.1. The lowest BCUT2D eigenvalue weighted by atomic mass is 10.1. The molecule has 0 saturated heterocycles. The van der Waals surface area contributed by atoms with Gasteiger partial charge < -0.3 is 0 Å². The molecule has 0 N–H and O–H groups in total. The molecule has 82 valence electrons. The van der Waals surface area contributed by atoms with Crippen LogP contribution in [0, 0.1) is 0 Å². The fourth-order valence-corrected chi connectivity index (χ4v) is 1.52. The summed E-state index contributed by atoms with van der Waals surface area (Å²) in [6.45, 7) is 0. The van der Waals surface area contributed by atoms with E-state index in [4.69, 9.17) is 5.53 Å². The zero-order valence-corrected chi connectivity index (χ0v) is 9.19. The highest BCUT2D eigenvalue weighted by atomic mass is 15.1. The van der Waals surface area contributed by atoms with Crippen LogP contribution in [0.3, 0.4) is 0 Å². The number of hydrogen-bond acceptors (Lipinski definition) is 1. The molecule has 0 amide bonds. The van der Waals surface area contributed by atoms with Crippen LogP contribution in [0.15, 0.2) is 59.7 Å². The second-order valence-corrected chi connectivity index (χ2v) is 3.49. The maximum atomic E-state index is 8.46. The predicted octanol–water partition coefficient (Wildman–Crippen LogP) is 4.80. The molecule has 0 heterocycles. The smallest absolute Gasteiger partial charge is 0.0447 e. The first-order chi connectivity index (χ1) is 8.40. The molecule has 3 heteroatoms. The number of rotatable bonds is 3. The minimum Gasteiger partial charge on any atom is -0.0622 e. The highest BCUT2D eigenvalue weighted by Crippen LogP contribution is 2.21. The molecule has 0 aliphatic rings. The average Bonchev–Trinajstić information content (AvgIpc) is 2.39. The van der Waals surface area contributed by atoms with Gasteiger partial charge in [-0.15, -0.1) is 0 Å². The van der Waals surface area contributed by atoms with E-state index in [-0.39, 0.29) is 0 Å². The van der Waals surface area contributed by atoms with Crippen molar-refractivity contribution in [2.24, 2.45) is 5.11 Å². The molecule has 2 aromatic carbocycles. The molecule has 17 heavy (non-hydrogen) atoms. The first-order valence-corrected chi connectivity index (χ1v) is 5.27. The van der Waals surface area contributed by atoms with Crippen LogP contribution in [0.1, 0.15) is 11.1 Å². The van der Waals surface area contributed by atoms with E-state index in [0.717, 1.165) is 11.1 Å². The predicted molar refractivity (Wildman–Crippen MR) is 70.6 cm³/mol. The molecule has 2 rings (SSSR count). The minimum atomic E-state index is 0.641. The van der Waals surface area contributed by atoms with Crippen molar-refractivity contribution < 1.29 is 0 Å². The van der Waals surface area contributed by atoms with Crippen molar-refractivity contribution in [3.05, 3.63) is 76.2 Å². The van der Waals surface area contributed by atoms with Crippen molar-refractivity contribution in [1.82, 2.24) is 0 Å². The molecule has 0 spiro atoms. The standard InChI is InChI=1S/C14H11N3/c15-17-16-14-9-5-4-8-13(14)11-10-12-6-2-1-3-7-12/h1-11H/b11-10-. The molecule has 0 saturated carbocycles. The van der Waals surface area contributed by atoms with Crippen molar-refractivity contribution in [3.63, 3.8) is 0 Å². The summed E-state index contributed by atoms with van der Waals surface area (Å²) in [6.07, 6.45) is 3.94. The van der Waals surface area contributed by atoms with E-state index in [1.807, 2.05) is 60.7 Å². The Kier molecular flexibility index (Phi) is 3.58. The molecule has 0 bridgehead atoms. The lowest BCUT2D eigenvalue weighted by Gasteiger charge is -1.98. The van der Waals surface area contributed by atoms with E-state index in [1.54, 1.807) is 6.07 Å². The van der Waals surface area contributed by atoms with E-state index in [9.17, 15) is 0 Å². The summed E-state index contributed by atoms with van der Waals surface area (Å²) in [5, 5.41) is 3.65. The van der Waals surface area contributed by atoms with Crippen LogP contribution >= 0.6 is 0 Å². The SMILES string of the molecule is [N-]=[N+]=Nc1ccccc1/C=C\c1ccccc1. The van der Waals surface area contributed by atoms with Crippen molar-refractivity contribution in [2.45, 2.75) is 0 Å². The molecule has 2 aromatic rings. The fourth-order valence-electron chi connectivity index (χ4n) is 1.52. The van der Waals surface area contributed by atoms with Gasteiger partial charge in [0.05, 0.1) is 0 Å². The Morgan fingerprint density at radius 1 is 0.882 bits per heavy atom. The lowest BCUT2D eigenvalue weighted by molar-refractivity contribution is 1.46. The largest absolute Gasteiger partial charge is 0.0622 e. The Morgan fingerprint density at radius 2 is 1.59 bits per heavy atom. The van der Waals surface area contributed by atoms with Gasteiger partial charge in [-0.3, -0.25) is 0 Å². The first-order valence-electron chi connectivity index (χ1n) is 5.27. The molecular weight excluding hydrogens is 210 g/mol. The van der Waals surface area contributed by atoms with Gasteiger partial charge >= 0.3 is 0 Å². The van der Waals surface area contributed by atoms with Gasteiger partial charge in [0.2, 0.25) is 0 Å². The topological polar surface area (TPSA) is 48.8 Å². The second-order valence-electron chi connectivity index (χ2n) is 3.49. The third kappa shape index (κ3) is 2.97. The summed E-state index contributed by atoms with van der Waals surface area (Å²) >= 11 is 0. The lowest BCUT2D eigenvalue weighted by Crippen LogP contribution is -1.73. The molecule has 0 fully saturated rings. The highest BCUT2D eigenvalue weighted by Gasteiger charge is 1.94. The summed E-state index contributed by atoms with van der Waals surface area (Å²) < 4.78 is 0. The summed E-state index contributed by atoms with van der Waals surface area (Å²) in [6, 6.07) is 17.5. The first kappa shape index (κ1) is 11.0. The Morgan fingerprint density at radius 3 is 2.35 bits per heavy atom. The van der Waals surface area contributed by atoms with Crippen molar-refractivity contribution in [3.8, 4) is 0 Å². The molecule has 0 aromatic heterocycles. The summed E-state index contributed by atoms with van der Waals surface area (Å²) in [5.74, 6) is 0. The van der Waals surface area contributed by atoms with E-state index in [0.29, 0.717) is 5.69 Å². The van der Waals surface area contributed by atoms with Crippen molar-refractivity contribution >= 4 is 17.8 Å². The van der Waals surface area contributed by atoms with Gasteiger partial charge in [-0.05, 0) is 16.7 Å². The molecule has 0 atom stereocenters. The monoisotopic (exact) mass is 221 g/mol. The number of azide groups is 1. The quantitative estimate of drug-likeness (QED) is 0.309. The Hall–Kier alpha value is -2.51. The molecule has 3 nitrogen and oxygen atoms in total. The van der Waals surface area contributed by atoms with Gasteiger partial charge in [-0.25, -0.2) is 0 Å². The number of hydrogen-bond donors (Lipinski definition) is 0. The maximum Gasteiger partial charge on any atom is 0.0447 e. The van der Waals surface area contributed by atoms with E-state index in [2.05, 4.69) is 10.0 Å². The maximum absolute atomic E-state index is 8.46. The van der Waals surface area contributed by atoms with E-state index in [1.165, 1.54) is 0 Å². The summed E-state index contributed by atoms with van der Waals surface area (Å²) in [5.41, 5.74) is 11.1. The Labute approximate surface area is 99.7 Å². The molecular formula is C14H11N3. The molecule has 0 aliphatic heterocycles. The van der Waals surface area contributed by atoms with Crippen LogP contribution in [0.4, 0.5) is 5.69 Å². The average molecular weight is 221 g/mol. The second kappa shape index (κ2) is 5.54. The van der Waals surface area contributed by atoms with Gasteiger partial charge in [0.25, 0.3) is 0 Å². The van der Waals surface area contributed by atoms with E-state index >= 15 is 0 Å². The molecule has 0 unspecified atom stereocenters. The van der Waals surface area contributed by atoms with Gasteiger partial charge in [0, 0.05) is 10.6 Å². The Balaban J connectivity index is 2.30. The van der Waals surface area contributed by atoms with Gasteiger partial charge in [0.15, 0.2) is 0 Å². The third-order valence-corrected chi connectivity index (χ3v) is 2.34. The zero-order valence-electron chi connectivity index (χ0n) is 9.19. The van der Waals surface area contributed by atoms with Crippen LogP contribution in [0.2, 0.25) is 0 Å². The molecule has 0 aliphatic carbocycles. The highest BCUT2D eigenvalue weighted by molar-refractivity contribution is 5.75. The van der Waals surface area contributed by atoms with Crippen LogP contribution in [-0.2, 0) is 0 Å². The van der Waals surface area contributed by atoms with Crippen LogP contribution < -0.4 is 0 Å². The van der Waals surface area contributed by atoms with Gasteiger partial charge in [-0.2, -0.15) is 0 Å². The zero-order chi connectivity index (χ0) is 11.9. The van der Waals surface area contributed by atoms with Gasteiger partial charge in [-0.1, -0.05) is 71.9 Å². The van der Waals surface area contributed by atoms with E-state index < -0.39 is 0 Å². The van der Waals surface area contributed by atoms with Crippen molar-refractivity contribution in [2.75, 3.05) is 0 Å². The fraction of sp³-hybridized carbons (Fsp3) is 0. The third-order valence-electron chi connectivity index (χ3n) is 2.34. The summed E-state index contributed by atoms with van der Waals surface area (Å²) in [4.78, 5) is 2.81. The van der Waals surface area contributed by atoms with Crippen LogP contribution in [-0.4, -0.2) is 0 Å². The minimum absolute atomic E-state index is 0.641. The van der Waals surface area contributed by atoms with Crippen LogP contribution in [0.25, 0.3) is 22.6 Å². The summed E-state index contributed by atoms with van der Waals surface area (Å²) in [7, 11) is 0. The van der Waals surface area contributed by atoms with Gasteiger partial charge in [0.1, 0.15) is 0 Å². The van der Waals surface area contributed by atoms with Crippen molar-refractivity contribution in [1.29, 1.82) is 0 Å². The molecule has 0 radical (unpaired) electrons. The Bertz CT molecular complexity index is 567. The number of benzene rings is 2. The number of nitrogens with zero attached hydrogens (tertiary/aromatic N) is 3.